The van der Waals surface area contributed by atoms with Crippen LogP contribution in [-0.4, -0.2) is 54.3 Å². The summed E-state index contributed by atoms with van der Waals surface area (Å²) in [4.78, 5) is 22.4. The molecule has 2 aliphatic rings. The number of ether oxygens (including phenoxy) is 2. The maximum atomic E-state index is 13.1. The molecule has 1 fully saturated rings. The Balaban J connectivity index is 1.37. The number of aliphatic imine (C=N–C) groups is 1. The van der Waals surface area contributed by atoms with Gasteiger partial charge in [-0.15, -0.1) is 0 Å². The van der Waals surface area contributed by atoms with Crippen LogP contribution in [0.1, 0.15) is 23.6 Å². The van der Waals surface area contributed by atoms with E-state index in [9.17, 15) is 4.79 Å². The SMILES string of the molecule is COc1cccc(CC(=O)N2CCN(C3=Nc4ccc(C)cc4Oc4ccccc43)CC2C)c1. The summed E-state index contributed by atoms with van der Waals surface area (Å²) >= 11 is 0. The molecule has 0 bridgehead atoms. The molecular weight excluding hydrogens is 426 g/mol. The van der Waals surface area contributed by atoms with Crippen molar-refractivity contribution in [3.05, 3.63) is 83.4 Å². The number of amidine groups is 1. The van der Waals surface area contributed by atoms with E-state index < -0.39 is 0 Å². The Hall–Kier alpha value is -3.80. The third kappa shape index (κ3) is 4.36. The molecule has 1 amide bonds. The average molecular weight is 456 g/mol. The number of para-hydroxylation sites is 1. The normalized spacial score (nSPS) is 17.1. The van der Waals surface area contributed by atoms with Gasteiger partial charge < -0.3 is 19.3 Å². The first-order chi connectivity index (χ1) is 16.5. The molecule has 5 rings (SSSR count). The van der Waals surface area contributed by atoms with E-state index in [2.05, 4.69) is 30.9 Å². The number of hydrogen-bond donors (Lipinski definition) is 0. The van der Waals surface area contributed by atoms with Gasteiger partial charge in [0.25, 0.3) is 0 Å². The zero-order valence-electron chi connectivity index (χ0n) is 19.8. The van der Waals surface area contributed by atoms with Crippen molar-refractivity contribution in [3.8, 4) is 17.2 Å². The lowest BCUT2D eigenvalue weighted by atomic mass is 10.1. The molecule has 0 N–H and O–H groups in total. The Morgan fingerprint density at radius 1 is 1.06 bits per heavy atom. The second-order valence-corrected chi connectivity index (χ2v) is 8.92. The van der Waals surface area contributed by atoms with Crippen molar-refractivity contribution in [3.63, 3.8) is 0 Å². The fourth-order valence-electron chi connectivity index (χ4n) is 4.65. The van der Waals surface area contributed by atoms with Gasteiger partial charge >= 0.3 is 0 Å². The van der Waals surface area contributed by atoms with Crippen molar-refractivity contribution in [1.82, 2.24) is 9.80 Å². The molecule has 3 aromatic carbocycles. The predicted molar refractivity (Wildman–Crippen MR) is 133 cm³/mol. The summed E-state index contributed by atoms with van der Waals surface area (Å²) in [5, 5.41) is 0. The summed E-state index contributed by atoms with van der Waals surface area (Å²) < 4.78 is 11.6. The maximum absolute atomic E-state index is 13.1. The van der Waals surface area contributed by atoms with Crippen LogP contribution in [-0.2, 0) is 11.2 Å². The van der Waals surface area contributed by atoms with Gasteiger partial charge in [-0.3, -0.25) is 4.79 Å². The van der Waals surface area contributed by atoms with E-state index in [1.807, 2.05) is 59.5 Å². The molecule has 0 spiro atoms. The number of methoxy groups -OCH3 is 1. The van der Waals surface area contributed by atoms with Crippen molar-refractivity contribution >= 4 is 17.4 Å². The highest BCUT2D eigenvalue weighted by Crippen LogP contribution is 2.38. The van der Waals surface area contributed by atoms with E-state index in [0.29, 0.717) is 26.1 Å². The Bertz CT molecular complexity index is 1250. The van der Waals surface area contributed by atoms with E-state index in [1.165, 1.54) is 0 Å². The monoisotopic (exact) mass is 455 g/mol. The highest BCUT2D eigenvalue weighted by Gasteiger charge is 2.31. The van der Waals surface area contributed by atoms with Crippen molar-refractivity contribution in [2.75, 3.05) is 26.7 Å². The van der Waals surface area contributed by atoms with Gasteiger partial charge in [0, 0.05) is 25.7 Å². The second-order valence-electron chi connectivity index (χ2n) is 8.92. The van der Waals surface area contributed by atoms with Gasteiger partial charge in [-0.05, 0) is 61.4 Å². The van der Waals surface area contributed by atoms with E-state index in [4.69, 9.17) is 14.5 Å². The van der Waals surface area contributed by atoms with E-state index in [0.717, 1.165) is 45.5 Å². The standard InChI is InChI=1S/C28H29N3O3/c1-19-11-12-24-26(15-19)34-25-10-5-4-9-23(25)28(29-24)30-13-14-31(20(2)18-30)27(32)17-21-7-6-8-22(16-21)33-3/h4-12,15-16,20H,13-14,17-18H2,1-3H3. The van der Waals surface area contributed by atoms with Crippen LogP contribution in [0.3, 0.4) is 0 Å². The van der Waals surface area contributed by atoms with Gasteiger partial charge in [0.2, 0.25) is 5.91 Å². The lowest BCUT2D eigenvalue weighted by molar-refractivity contribution is -0.134. The van der Waals surface area contributed by atoms with Gasteiger partial charge in [0.1, 0.15) is 23.0 Å². The molecule has 1 atom stereocenters. The van der Waals surface area contributed by atoms with Crippen LogP contribution in [0.2, 0.25) is 0 Å². The predicted octanol–water partition coefficient (Wildman–Crippen LogP) is 4.96. The molecule has 2 heterocycles. The van der Waals surface area contributed by atoms with Crippen LogP contribution in [0.4, 0.5) is 5.69 Å². The quantitative estimate of drug-likeness (QED) is 0.560. The minimum absolute atomic E-state index is 0.0587. The molecule has 2 aliphatic heterocycles. The second kappa shape index (κ2) is 9.21. The lowest BCUT2D eigenvalue weighted by Crippen LogP contribution is -2.55. The minimum Gasteiger partial charge on any atom is -0.497 e. The molecule has 6 nitrogen and oxygen atoms in total. The van der Waals surface area contributed by atoms with Crippen molar-refractivity contribution in [2.45, 2.75) is 26.3 Å². The fraction of sp³-hybridized carbons (Fsp3) is 0.286. The van der Waals surface area contributed by atoms with Crippen LogP contribution >= 0.6 is 0 Å². The molecule has 34 heavy (non-hydrogen) atoms. The average Bonchev–Trinajstić information content (AvgIpc) is 3.00. The zero-order chi connectivity index (χ0) is 23.7. The number of piperazine rings is 1. The van der Waals surface area contributed by atoms with Crippen LogP contribution in [0.25, 0.3) is 0 Å². The molecule has 0 saturated carbocycles. The Kier molecular flexibility index (Phi) is 5.97. The number of nitrogens with zero attached hydrogens (tertiary/aromatic N) is 3. The summed E-state index contributed by atoms with van der Waals surface area (Å²) in [6, 6.07) is 21.9. The fourth-order valence-corrected chi connectivity index (χ4v) is 4.65. The molecule has 0 aromatic heterocycles. The van der Waals surface area contributed by atoms with Gasteiger partial charge in [-0.25, -0.2) is 4.99 Å². The third-order valence-electron chi connectivity index (χ3n) is 6.43. The minimum atomic E-state index is 0.0587. The number of benzene rings is 3. The number of hydrogen-bond acceptors (Lipinski definition) is 5. The van der Waals surface area contributed by atoms with Crippen LogP contribution in [0, 0.1) is 6.92 Å². The Labute approximate surface area is 200 Å². The molecule has 1 saturated heterocycles. The van der Waals surface area contributed by atoms with Crippen LogP contribution in [0.5, 0.6) is 17.2 Å². The third-order valence-corrected chi connectivity index (χ3v) is 6.43. The Morgan fingerprint density at radius 3 is 2.74 bits per heavy atom. The first kappa shape index (κ1) is 22.0. The number of amides is 1. The topological polar surface area (TPSA) is 54.4 Å². The van der Waals surface area contributed by atoms with Gasteiger partial charge in [-0.1, -0.05) is 30.3 Å². The summed E-state index contributed by atoms with van der Waals surface area (Å²) in [6.07, 6.45) is 0.367. The number of fused-ring (bicyclic) bond motifs is 2. The molecule has 6 heteroatoms. The van der Waals surface area contributed by atoms with Crippen molar-refractivity contribution in [2.24, 2.45) is 4.99 Å². The number of rotatable bonds is 3. The largest absolute Gasteiger partial charge is 0.497 e. The number of carbonyl (C=O) groups is 1. The first-order valence-electron chi connectivity index (χ1n) is 11.7. The molecule has 174 valence electrons. The highest BCUT2D eigenvalue weighted by molar-refractivity contribution is 6.04. The molecule has 1 unspecified atom stereocenters. The molecule has 0 aliphatic carbocycles. The zero-order valence-corrected chi connectivity index (χ0v) is 19.8. The van der Waals surface area contributed by atoms with E-state index >= 15 is 0 Å². The van der Waals surface area contributed by atoms with Gasteiger partial charge in [-0.2, -0.15) is 0 Å². The number of aryl methyl sites for hydroxylation is 1. The number of carbonyl (C=O) groups excluding carboxylic acids is 1. The Morgan fingerprint density at radius 2 is 1.91 bits per heavy atom. The smallest absolute Gasteiger partial charge is 0.227 e. The van der Waals surface area contributed by atoms with E-state index in [1.54, 1.807) is 7.11 Å². The maximum Gasteiger partial charge on any atom is 0.227 e. The highest BCUT2D eigenvalue weighted by atomic mass is 16.5. The molecular formula is C28H29N3O3. The summed E-state index contributed by atoms with van der Waals surface area (Å²) in [5.41, 5.74) is 3.89. The van der Waals surface area contributed by atoms with Gasteiger partial charge in [0.15, 0.2) is 5.75 Å². The van der Waals surface area contributed by atoms with Crippen molar-refractivity contribution in [1.29, 1.82) is 0 Å². The summed E-state index contributed by atoms with van der Waals surface area (Å²) in [5.74, 6) is 3.36. The summed E-state index contributed by atoms with van der Waals surface area (Å²) in [6.45, 7) is 6.22. The van der Waals surface area contributed by atoms with Crippen LogP contribution in [0.15, 0.2) is 71.7 Å². The van der Waals surface area contributed by atoms with Crippen LogP contribution < -0.4 is 9.47 Å². The van der Waals surface area contributed by atoms with E-state index in [-0.39, 0.29) is 11.9 Å². The molecule has 0 radical (unpaired) electrons. The van der Waals surface area contributed by atoms with Crippen molar-refractivity contribution < 1.29 is 14.3 Å². The van der Waals surface area contributed by atoms with Gasteiger partial charge in [0.05, 0.1) is 19.1 Å². The molecule has 3 aromatic rings. The first-order valence-corrected chi connectivity index (χ1v) is 11.7. The summed E-state index contributed by atoms with van der Waals surface area (Å²) in [7, 11) is 1.64. The lowest BCUT2D eigenvalue weighted by Gasteiger charge is -2.41.